The van der Waals surface area contributed by atoms with Crippen LogP contribution in [0.1, 0.15) is 66.4 Å². The van der Waals surface area contributed by atoms with Crippen LogP contribution in [0.4, 0.5) is 10.3 Å². The minimum absolute atomic E-state index is 0.120. The fourth-order valence-electron chi connectivity index (χ4n) is 3.19. The van der Waals surface area contributed by atoms with Crippen LogP contribution in [0.25, 0.3) is 5.70 Å². The van der Waals surface area contributed by atoms with Crippen LogP contribution >= 0.6 is 22.7 Å². The van der Waals surface area contributed by atoms with E-state index in [1.807, 2.05) is 13.8 Å². The van der Waals surface area contributed by atoms with Crippen molar-refractivity contribution < 1.29 is 33.3 Å². The Balaban J connectivity index is 1.77. The van der Waals surface area contributed by atoms with Gasteiger partial charge < -0.3 is 24.3 Å². The molecule has 2 N–H and O–H groups in total. The van der Waals surface area contributed by atoms with Gasteiger partial charge in [0.05, 0.1) is 31.7 Å². The molecule has 0 saturated carbocycles. The maximum absolute atomic E-state index is 13.1. The number of amides is 1. The molecule has 2 aromatic heterocycles. The molecule has 40 heavy (non-hydrogen) atoms. The minimum Gasteiger partial charge on any atom is -0.491 e. The number of ether oxygens (including phenoxy) is 4. The van der Waals surface area contributed by atoms with E-state index in [9.17, 15) is 14.4 Å². The Morgan fingerprint density at radius 2 is 1.43 bits per heavy atom. The summed E-state index contributed by atoms with van der Waals surface area (Å²) in [7, 11) is 0. The van der Waals surface area contributed by atoms with E-state index in [0.29, 0.717) is 32.8 Å². The second-order valence-corrected chi connectivity index (χ2v) is 11.1. The summed E-state index contributed by atoms with van der Waals surface area (Å²) in [5.41, 5.74) is -0.237. The Labute approximate surface area is 240 Å². The van der Waals surface area contributed by atoms with Crippen molar-refractivity contribution in [2.24, 2.45) is 0 Å². The molecule has 13 heteroatoms. The zero-order valence-electron chi connectivity index (χ0n) is 23.2. The normalized spacial score (nSPS) is 11.1. The molecule has 0 spiro atoms. The number of nitrogens with zero attached hydrogens (tertiary/aromatic N) is 2. The lowest BCUT2D eigenvalue weighted by atomic mass is 10.1. The van der Waals surface area contributed by atoms with Gasteiger partial charge in [-0.05, 0) is 53.7 Å². The molecule has 214 valence electrons. The van der Waals surface area contributed by atoms with Gasteiger partial charge in [-0.25, -0.2) is 19.6 Å². The standard InChI is InChI=1S/C27H32N4O7S2/c1-8-35-22(32)20-13-28-25(39-20)30-16(5)17-10-18(37-15(3)4)12-19(11-17)38-27(6,7)24(34)31-26-29-14-21(40-26)23(33)36-9-2/h10-15H,5,8-9H2,1-4,6-7H3,(H,28,30)(H,29,31,34). The number of benzene rings is 1. The minimum atomic E-state index is -1.33. The number of hydrogen-bond donors (Lipinski definition) is 2. The molecule has 0 aliphatic rings. The zero-order chi connectivity index (χ0) is 29.4. The molecule has 0 saturated heterocycles. The van der Waals surface area contributed by atoms with E-state index in [1.54, 1.807) is 45.9 Å². The summed E-state index contributed by atoms with van der Waals surface area (Å²) in [4.78, 5) is 45.9. The van der Waals surface area contributed by atoms with Gasteiger partial charge in [0.15, 0.2) is 15.9 Å². The summed E-state index contributed by atoms with van der Waals surface area (Å²) < 4.78 is 22.0. The third-order valence-corrected chi connectivity index (χ3v) is 6.75. The highest BCUT2D eigenvalue weighted by molar-refractivity contribution is 7.17. The number of carbonyl (C=O) groups is 3. The first-order chi connectivity index (χ1) is 18.9. The van der Waals surface area contributed by atoms with E-state index in [1.165, 1.54) is 12.4 Å². The number of nitrogens with one attached hydrogen (secondary N) is 2. The second-order valence-electron chi connectivity index (χ2n) is 9.03. The highest BCUT2D eigenvalue weighted by atomic mass is 32.1. The Hall–Kier alpha value is -3.97. The van der Waals surface area contributed by atoms with Crippen molar-refractivity contribution in [3.63, 3.8) is 0 Å². The average molecular weight is 589 g/mol. The lowest BCUT2D eigenvalue weighted by Gasteiger charge is -2.26. The third-order valence-electron chi connectivity index (χ3n) is 4.96. The smallest absolute Gasteiger partial charge is 0.350 e. The lowest BCUT2D eigenvalue weighted by molar-refractivity contribution is -0.128. The number of esters is 2. The van der Waals surface area contributed by atoms with E-state index < -0.39 is 23.4 Å². The Morgan fingerprint density at radius 1 is 0.900 bits per heavy atom. The van der Waals surface area contributed by atoms with Crippen molar-refractivity contribution in [3.05, 3.63) is 52.5 Å². The third kappa shape index (κ3) is 8.26. The topological polar surface area (TPSA) is 138 Å². The molecule has 1 aromatic carbocycles. The van der Waals surface area contributed by atoms with Crippen molar-refractivity contribution in [2.75, 3.05) is 23.8 Å². The first kappa shape index (κ1) is 30.6. The number of aromatic nitrogens is 2. The van der Waals surface area contributed by atoms with Crippen LogP contribution in [0.2, 0.25) is 0 Å². The molecule has 0 unspecified atom stereocenters. The van der Waals surface area contributed by atoms with Crippen LogP contribution < -0.4 is 20.1 Å². The van der Waals surface area contributed by atoms with Crippen LogP contribution in [0.3, 0.4) is 0 Å². The molecule has 3 rings (SSSR count). The van der Waals surface area contributed by atoms with Gasteiger partial charge in [-0.15, -0.1) is 0 Å². The summed E-state index contributed by atoms with van der Waals surface area (Å²) in [5.74, 6) is -0.563. The Kier molecular flexibility index (Phi) is 10.2. The summed E-state index contributed by atoms with van der Waals surface area (Å²) in [5, 5.41) is 6.47. The van der Waals surface area contributed by atoms with Crippen molar-refractivity contribution in [1.82, 2.24) is 9.97 Å². The largest absolute Gasteiger partial charge is 0.491 e. The van der Waals surface area contributed by atoms with E-state index in [4.69, 9.17) is 18.9 Å². The lowest BCUT2D eigenvalue weighted by Crippen LogP contribution is -2.42. The van der Waals surface area contributed by atoms with Crippen molar-refractivity contribution >= 4 is 56.5 Å². The molecule has 11 nitrogen and oxygen atoms in total. The number of rotatable bonds is 13. The van der Waals surface area contributed by atoms with Gasteiger partial charge in [0.2, 0.25) is 0 Å². The van der Waals surface area contributed by atoms with Crippen molar-refractivity contribution in [2.45, 2.75) is 53.2 Å². The fraction of sp³-hybridized carbons (Fsp3) is 0.370. The highest BCUT2D eigenvalue weighted by Crippen LogP contribution is 2.32. The second kappa shape index (κ2) is 13.4. The fourth-order valence-corrected chi connectivity index (χ4v) is 4.63. The molecule has 0 bridgehead atoms. The van der Waals surface area contributed by atoms with Gasteiger partial charge in [0.25, 0.3) is 5.91 Å². The van der Waals surface area contributed by atoms with E-state index in [-0.39, 0.29) is 29.3 Å². The molecule has 2 heterocycles. The summed E-state index contributed by atoms with van der Waals surface area (Å²) >= 11 is 2.14. The van der Waals surface area contributed by atoms with Gasteiger partial charge in [0, 0.05) is 17.3 Å². The Bertz CT molecular complexity index is 1380. The number of thiazole rings is 2. The molecule has 1 amide bonds. The maximum Gasteiger partial charge on any atom is 0.350 e. The molecule has 0 aliphatic heterocycles. The monoisotopic (exact) mass is 588 g/mol. The van der Waals surface area contributed by atoms with E-state index in [0.717, 1.165) is 22.7 Å². The molecule has 0 radical (unpaired) electrons. The quantitative estimate of drug-likeness (QED) is 0.242. The number of hydrogen-bond acceptors (Lipinski definition) is 12. The van der Waals surface area contributed by atoms with Gasteiger partial charge >= 0.3 is 11.9 Å². The number of anilines is 2. The highest BCUT2D eigenvalue weighted by Gasteiger charge is 2.31. The molecular formula is C27H32N4O7S2. The Morgan fingerprint density at radius 3 is 1.95 bits per heavy atom. The van der Waals surface area contributed by atoms with Gasteiger partial charge in [-0.3, -0.25) is 10.1 Å². The molecule has 3 aromatic rings. The molecule has 0 aliphatic carbocycles. The first-order valence-corrected chi connectivity index (χ1v) is 14.1. The number of carbonyl (C=O) groups excluding carboxylic acids is 3. The maximum atomic E-state index is 13.1. The van der Waals surface area contributed by atoms with Gasteiger partial charge in [0.1, 0.15) is 21.3 Å². The average Bonchev–Trinajstić information content (AvgIpc) is 3.53. The molecular weight excluding hydrogens is 556 g/mol. The van der Waals surface area contributed by atoms with Crippen LogP contribution in [0.5, 0.6) is 11.5 Å². The molecule has 0 fully saturated rings. The molecule has 0 atom stereocenters. The van der Waals surface area contributed by atoms with Gasteiger partial charge in [-0.1, -0.05) is 29.3 Å². The predicted molar refractivity (Wildman–Crippen MR) is 154 cm³/mol. The van der Waals surface area contributed by atoms with Crippen LogP contribution in [-0.2, 0) is 14.3 Å². The van der Waals surface area contributed by atoms with Gasteiger partial charge in [-0.2, -0.15) is 0 Å². The van der Waals surface area contributed by atoms with Crippen molar-refractivity contribution in [3.8, 4) is 11.5 Å². The zero-order valence-corrected chi connectivity index (χ0v) is 24.8. The van der Waals surface area contributed by atoms with Crippen LogP contribution in [0, 0.1) is 0 Å². The first-order valence-electron chi connectivity index (χ1n) is 12.5. The SMILES string of the molecule is C=C(Nc1ncc(C(=O)OCC)s1)c1cc(OC(C)C)cc(OC(C)(C)C(=O)Nc2ncc(C(=O)OCC)s2)c1. The van der Waals surface area contributed by atoms with E-state index >= 15 is 0 Å². The van der Waals surface area contributed by atoms with Crippen molar-refractivity contribution in [1.29, 1.82) is 0 Å². The summed E-state index contributed by atoms with van der Waals surface area (Å²) in [6.07, 6.45) is 2.66. The van der Waals surface area contributed by atoms with Crippen LogP contribution in [-0.4, -0.2) is 52.7 Å². The predicted octanol–water partition coefficient (Wildman–Crippen LogP) is 5.62. The van der Waals surface area contributed by atoms with E-state index in [2.05, 4.69) is 27.2 Å². The summed E-state index contributed by atoms with van der Waals surface area (Å²) in [6, 6.07) is 5.16. The summed E-state index contributed by atoms with van der Waals surface area (Å²) in [6.45, 7) is 15.0. The van der Waals surface area contributed by atoms with Crippen LogP contribution in [0.15, 0.2) is 37.2 Å².